The molecule has 0 saturated heterocycles. The number of hydrogen-bond acceptors (Lipinski definition) is 3. The monoisotopic (exact) mass is 127 g/mol. The lowest BCUT2D eigenvalue weighted by molar-refractivity contribution is 0.625. The molecule has 0 unspecified atom stereocenters. The van der Waals surface area contributed by atoms with Gasteiger partial charge in [0, 0.05) is 5.75 Å². The van der Waals surface area contributed by atoms with Gasteiger partial charge in [0.25, 0.3) is 0 Å². The molecular weight excluding hydrogens is 122 g/mol. The van der Waals surface area contributed by atoms with Crippen molar-refractivity contribution in [1.29, 1.82) is 0 Å². The van der Waals surface area contributed by atoms with Crippen molar-refractivity contribution < 1.29 is 0 Å². The molecule has 0 radical (unpaired) electrons. The van der Waals surface area contributed by atoms with E-state index in [2.05, 4.69) is 10.1 Å². The largest absolute Gasteiger partial charge is 0.240 e. The fourth-order valence-corrected chi connectivity index (χ4v) is 1.60. The second kappa shape index (κ2) is 1.48. The lowest BCUT2D eigenvalue weighted by Gasteiger charge is -1.84. The molecule has 1 aliphatic rings. The molecule has 2 heterocycles. The number of aryl methyl sites for hydroxylation is 1. The summed E-state index contributed by atoms with van der Waals surface area (Å²) in [7, 11) is 0. The first-order chi connectivity index (χ1) is 3.97. The summed E-state index contributed by atoms with van der Waals surface area (Å²) in [6, 6.07) is 0. The van der Waals surface area contributed by atoms with Crippen molar-refractivity contribution >= 4 is 11.8 Å². The number of aromatic nitrogens is 3. The van der Waals surface area contributed by atoms with Gasteiger partial charge < -0.3 is 0 Å². The first kappa shape index (κ1) is 4.38. The van der Waals surface area contributed by atoms with Gasteiger partial charge in [-0.3, -0.25) is 0 Å². The fourth-order valence-electron chi connectivity index (χ4n) is 0.742. The lowest BCUT2D eigenvalue weighted by Crippen LogP contribution is -1.93. The van der Waals surface area contributed by atoms with E-state index in [1.54, 1.807) is 18.1 Å². The quantitative estimate of drug-likeness (QED) is 0.505. The Morgan fingerprint density at radius 3 is 3.62 bits per heavy atom. The summed E-state index contributed by atoms with van der Waals surface area (Å²) >= 11 is 1.76. The standard InChI is InChI=1S/C4H5N3S/c1-2-8-4-5-3-6-7(1)4/h3H,1-2H2. The van der Waals surface area contributed by atoms with E-state index in [1.807, 2.05) is 4.68 Å². The van der Waals surface area contributed by atoms with Crippen LogP contribution in [0.15, 0.2) is 11.5 Å². The molecule has 0 N–H and O–H groups in total. The summed E-state index contributed by atoms with van der Waals surface area (Å²) < 4.78 is 1.92. The van der Waals surface area contributed by atoms with Gasteiger partial charge in [-0.1, -0.05) is 11.8 Å². The van der Waals surface area contributed by atoms with Gasteiger partial charge in [0.05, 0.1) is 6.54 Å². The fraction of sp³-hybridized carbons (Fsp3) is 0.500. The van der Waals surface area contributed by atoms with Crippen LogP contribution in [0.25, 0.3) is 0 Å². The molecule has 3 nitrogen and oxygen atoms in total. The first-order valence-corrected chi connectivity index (χ1v) is 3.46. The van der Waals surface area contributed by atoms with Crippen LogP contribution in [-0.4, -0.2) is 20.5 Å². The normalized spacial score (nSPS) is 16.5. The van der Waals surface area contributed by atoms with Crippen LogP contribution in [0.3, 0.4) is 0 Å². The van der Waals surface area contributed by atoms with Gasteiger partial charge in [-0.05, 0) is 0 Å². The van der Waals surface area contributed by atoms with E-state index in [0.717, 1.165) is 17.5 Å². The van der Waals surface area contributed by atoms with E-state index in [-0.39, 0.29) is 0 Å². The number of nitrogens with zero attached hydrogens (tertiary/aromatic N) is 3. The van der Waals surface area contributed by atoms with Crippen LogP contribution >= 0.6 is 11.8 Å². The maximum absolute atomic E-state index is 4.01. The van der Waals surface area contributed by atoms with Gasteiger partial charge in [0.1, 0.15) is 6.33 Å². The second-order valence-electron chi connectivity index (χ2n) is 1.61. The molecular formula is C4H5N3S. The van der Waals surface area contributed by atoms with Gasteiger partial charge in [-0.15, -0.1) is 0 Å². The number of fused-ring (bicyclic) bond motifs is 1. The van der Waals surface area contributed by atoms with Crippen LogP contribution in [0.1, 0.15) is 0 Å². The molecule has 1 aromatic rings. The summed E-state index contributed by atoms with van der Waals surface area (Å²) in [5.74, 6) is 1.14. The third kappa shape index (κ3) is 0.461. The van der Waals surface area contributed by atoms with E-state index in [9.17, 15) is 0 Å². The Balaban J connectivity index is 2.54. The topological polar surface area (TPSA) is 30.7 Å². The first-order valence-electron chi connectivity index (χ1n) is 2.47. The Hall–Kier alpha value is -0.510. The van der Waals surface area contributed by atoms with Crippen molar-refractivity contribution in [2.75, 3.05) is 5.75 Å². The Morgan fingerprint density at radius 1 is 1.75 bits per heavy atom. The van der Waals surface area contributed by atoms with E-state index in [4.69, 9.17) is 0 Å². The number of rotatable bonds is 0. The summed E-state index contributed by atoms with van der Waals surface area (Å²) in [4.78, 5) is 4.01. The number of hydrogen-bond donors (Lipinski definition) is 0. The van der Waals surface area contributed by atoms with Gasteiger partial charge in [0.2, 0.25) is 0 Å². The Morgan fingerprint density at radius 2 is 2.75 bits per heavy atom. The van der Waals surface area contributed by atoms with Crippen molar-refractivity contribution in [2.24, 2.45) is 0 Å². The minimum atomic E-state index is 1.03. The van der Waals surface area contributed by atoms with Crippen molar-refractivity contribution in [3.05, 3.63) is 6.33 Å². The highest BCUT2D eigenvalue weighted by Crippen LogP contribution is 2.20. The van der Waals surface area contributed by atoms with Crippen LogP contribution in [0, 0.1) is 0 Å². The summed E-state index contributed by atoms with van der Waals surface area (Å²) in [5.41, 5.74) is 0. The molecule has 42 valence electrons. The van der Waals surface area contributed by atoms with Crippen LogP contribution in [-0.2, 0) is 6.54 Å². The van der Waals surface area contributed by atoms with E-state index in [1.165, 1.54) is 0 Å². The highest BCUT2D eigenvalue weighted by atomic mass is 32.2. The molecule has 8 heavy (non-hydrogen) atoms. The van der Waals surface area contributed by atoms with Crippen molar-refractivity contribution in [3.8, 4) is 0 Å². The van der Waals surface area contributed by atoms with Crippen molar-refractivity contribution in [2.45, 2.75) is 11.7 Å². The highest BCUT2D eigenvalue weighted by Gasteiger charge is 2.10. The maximum atomic E-state index is 4.01. The van der Waals surface area contributed by atoms with Crippen LogP contribution < -0.4 is 0 Å². The molecule has 0 aliphatic carbocycles. The van der Waals surface area contributed by atoms with Crippen LogP contribution in [0.5, 0.6) is 0 Å². The zero-order chi connectivity index (χ0) is 5.40. The third-order valence-corrected chi connectivity index (χ3v) is 2.08. The zero-order valence-corrected chi connectivity index (χ0v) is 5.06. The minimum absolute atomic E-state index is 1.03. The average Bonchev–Trinajstić information content (AvgIpc) is 2.15. The van der Waals surface area contributed by atoms with E-state index >= 15 is 0 Å². The van der Waals surface area contributed by atoms with Crippen LogP contribution in [0.4, 0.5) is 0 Å². The second-order valence-corrected chi connectivity index (χ2v) is 2.68. The van der Waals surface area contributed by atoms with Gasteiger partial charge in [0.15, 0.2) is 5.16 Å². The molecule has 0 saturated carbocycles. The summed E-state index contributed by atoms with van der Waals surface area (Å²) in [6.07, 6.45) is 1.60. The Kier molecular flexibility index (Phi) is 0.811. The molecule has 0 amide bonds. The van der Waals surface area contributed by atoms with Gasteiger partial charge >= 0.3 is 0 Å². The molecule has 1 aliphatic heterocycles. The zero-order valence-electron chi connectivity index (χ0n) is 4.24. The molecule has 2 rings (SSSR count). The Labute approximate surface area is 51.1 Å². The molecule has 0 spiro atoms. The molecule has 0 bridgehead atoms. The van der Waals surface area contributed by atoms with Crippen LogP contribution in [0.2, 0.25) is 0 Å². The highest BCUT2D eigenvalue weighted by molar-refractivity contribution is 7.99. The smallest absolute Gasteiger partial charge is 0.186 e. The molecule has 0 atom stereocenters. The molecule has 4 heteroatoms. The minimum Gasteiger partial charge on any atom is -0.240 e. The summed E-state index contributed by atoms with van der Waals surface area (Å²) in [6.45, 7) is 1.03. The Bertz CT molecular complexity index is 176. The van der Waals surface area contributed by atoms with E-state index < -0.39 is 0 Å². The summed E-state index contributed by atoms with van der Waals surface area (Å²) in [5, 5.41) is 5.04. The SMILES string of the molecule is c1nc2n(n1)CCS2. The number of thioether (sulfide) groups is 1. The molecule has 0 fully saturated rings. The molecule has 0 aromatic carbocycles. The average molecular weight is 127 g/mol. The maximum Gasteiger partial charge on any atom is 0.186 e. The van der Waals surface area contributed by atoms with E-state index in [0.29, 0.717) is 0 Å². The van der Waals surface area contributed by atoms with Gasteiger partial charge in [-0.2, -0.15) is 5.10 Å². The van der Waals surface area contributed by atoms with Crippen molar-refractivity contribution in [1.82, 2.24) is 14.8 Å². The van der Waals surface area contributed by atoms with Gasteiger partial charge in [-0.25, -0.2) is 9.67 Å². The molecule has 1 aromatic heterocycles. The lowest BCUT2D eigenvalue weighted by atomic mass is 10.8. The third-order valence-electron chi connectivity index (χ3n) is 1.11. The predicted molar refractivity (Wildman–Crippen MR) is 30.7 cm³/mol. The van der Waals surface area contributed by atoms with Crippen molar-refractivity contribution in [3.63, 3.8) is 0 Å². The predicted octanol–water partition coefficient (Wildman–Crippen LogP) is 0.384.